The van der Waals surface area contributed by atoms with Gasteiger partial charge < -0.3 is 10.0 Å². The van der Waals surface area contributed by atoms with Crippen molar-refractivity contribution in [3.63, 3.8) is 0 Å². The molecule has 0 spiro atoms. The van der Waals surface area contributed by atoms with Crippen LogP contribution in [0.25, 0.3) is 10.9 Å². The molecule has 0 amide bonds. The van der Waals surface area contributed by atoms with Gasteiger partial charge in [0.05, 0.1) is 4.92 Å². The third-order valence-electron chi connectivity index (χ3n) is 3.44. The first-order valence-electron chi connectivity index (χ1n) is 6.45. The number of para-hydroxylation sites is 1. The van der Waals surface area contributed by atoms with Gasteiger partial charge in [0.2, 0.25) is 0 Å². The molecule has 0 saturated carbocycles. The summed E-state index contributed by atoms with van der Waals surface area (Å²) in [6, 6.07) is 5.62. The number of non-ortho nitro benzene ring substituents is 1. The lowest BCUT2D eigenvalue weighted by molar-refractivity contribution is -0.383. The Morgan fingerprint density at radius 2 is 2.19 bits per heavy atom. The number of aromatic nitrogens is 1. The highest BCUT2D eigenvalue weighted by Gasteiger charge is 2.23. The minimum atomic E-state index is -0.935. The first-order chi connectivity index (χ1) is 9.97. The van der Waals surface area contributed by atoms with Crippen molar-refractivity contribution in [3.05, 3.63) is 40.6 Å². The smallest absolute Gasteiger partial charge is 0.326 e. The summed E-state index contributed by atoms with van der Waals surface area (Å²) in [5.41, 5.74) is 0.774. The third-order valence-corrected chi connectivity index (χ3v) is 3.44. The molecule has 1 heterocycles. The molecule has 7 heteroatoms. The van der Waals surface area contributed by atoms with Gasteiger partial charge in [-0.3, -0.25) is 10.1 Å². The van der Waals surface area contributed by atoms with Gasteiger partial charge in [0.25, 0.3) is 5.69 Å². The van der Waals surface area contributed by atoms with Crippen LogP contribution in [-0.2, 0) is 4.79 Å². The predicted octanol–water partition coefficient (Wildman–Crippen LogP) is 2.44. The summed E-state index contributed by atoms with van der Waals surface area (Å²) in [6.45, 7) is 1.78. The van der Waals surface area contributed by atoms with E-state index in [1.807, 2.05) is 0 Å². The van der Waals surface area contributed by atoms with Crippen molar-refractivity contribution in [2.45, 2.75) is 19.4 Å². The van der Waals surface area contributed by atoms with Gasteiger partial charge in [-0.15, -0.1) is 0 Å². The van der Waals surface area contributed by atoms with Crippen LogP contribution in [0.2, 0.25) is 0 Å². The standard InChI is InChI=1S/C14H15N3O4/c1-3-10(14(18)19)16(2)11-7-8-15-13-9(11)5-4-6-12(13)17(20)21/h4-8,10H,3H2,1-2H3,(H,18,19). The van der Waals surface area contributed by atoms with Gasteiger partial charge in [-0.2, -0.15) is 0 Å². The molecule has 2 aromatic rings. The average Bonchev–Trinajstić information content (AvgIpc) is 2.45. The Morgan fingerprint density at radius 3 is 2.76 bits per heavy atom. The molecule has 0 aliphatic rings. The minimum Gasteiger partial charge on any atom is -0.480 e. The van der Waals surface area contributed by atoms with Crippen LogP contribution in [-0.4, -0.2) is 34.1 Å². The summed E-state index contributed by atoms with van der Waals surface area (Å²) in [6.07, 6.45) is 1.88. The maximum atomic E-state index is 11.3. The number of fused-ring (bicyclic) bond motifs is 1. The predicted molar refractivity (Wildman–Crippen MR) is 78.5 cm³/mol. The maximum absolute atomic E-state index is 11.3. The highest BCUT2D eigenvalue weighted by Crippen LogP contribution is 2.31. The van der Waals surface area contributed by atoms with Crippen LogP contribution in [0, 0.1) is 10.1 Å². The van der Waals surface area contributed by atoms with Crippen molar-refractivity contribution >= 4 is 28.2 Å². The number of nitrogens with zero attached hydrogens (tertiary/aromatic N) is 3. The van der Waals surface area contributed by atoms with E-state index in [0.29, 0.717) is 17.5 Å². The molecule has 0 radical (unpaired) electrons. The Morgan fingerprint density at radius 1 is 1.48 bits per heavy atom. The van der Waals surface area contributed by atoms with Gasteiger partial charge in [0.15, 0.2) is 0 Å². The number of carboxylic acid groups (broad SMARTS) is 1. The van der Waals surface area contributed by atoms with Crippen LogP contribution in [0.4, 0.5) is 11.4 Å². The molecule has 1 aromatic heterocycles. The van der Waals surface area contributed by atoms with Gasteiger partial charge in [-0.25, -0.2) is 9.78 Å². The lowest BCUT2D eigenvalue weighted by Crippen LogP contribution is -2.38. The van der Waals surface area contributed by atoms with Gasteiger partial charge >= 0.3 is 5.97 Å². The van der Waals surface area contributed by atoms with Crippen molar-refractivity contribution in [1.29, 1.82) is 0 Å². The Hall–Kier alpha value is -2.70. The maximum Gasteiger partial charge on any atom is 0.326 e. The molecule has 1 N–H and O–H groups in total. The normalized spacial score (nSPS) is 12.1. The summed E-state index contributed by atoms with van der Waals surface area (Å²) < 4.78 is 0. The lowest BCUT2D eigenvalue weighted by atomic mass is 10.1. The van der Waals surface area contributed by atoms with Crippen molar-refractivity contribution in [3.8, 4) is 0 Å². The van der Waals surface area contributed by atoms with E-state index in [4.69, 9.17) is 0 Å². The summed E-state index contributed by atoms with van der Waals surface area (Å²) in [7, 11) is 1.66. The Kier molecular flexibility index (Phi) is 4.02. The van der Waals surface area contributed by atoms with Gasteiger partial charge in [-0.05, 0) is 12.5 Å². The molecule has 21 heavy (non-hydrogen) atoms. The number of nitro groups is 1. The second-order valence-electron chi connectivity index (χ2n) is 4.63. The molecule has 1 atom stereocenters. The summed E-state index contributed by atoms with van der Waals surface area (Å²) >= 11 is 0. The van der Waals surface area contributed by atoms with E-state index in [9.17, 15) is 20.0 Å². The van der Waals surface area contributed by atoms with Gasteiger partial charge in [0, 0.05) is 30.4 Å². The van der Waals surface area contributed by atoms with E-state index < -0.39 is 16.9 Å². The Labute approximate surface area is 121 Å². The number of hydrogen-bond acceptors (Lipinski definition) is 5. The van der Waals surface area contributed by atoms with Crippen LogP contribution in [0.1, 0.15) is 13.3 Å². The first-order valence-corrected chi connectivity index (χ1v) is 6.45. The number of hydrogen-bond donors (Lipinski definition) is 1. The van der Waals surface area contributed by atoms with Crippen LogP contribution in [0.5, 0.6) is 0 Å². The quantitative estimate of drug-likeness (QED) is 0.670. The highest BCUT2D eigenvalue weighted by atomic mass is 16.6. The molecule has 1 unspecified atom stereocenters. The summed E-state index contributed by atoms with van der Waals surface area (Å²) in [5, 5.41) is 20.9. The number of nitro benzene ring substituents is 1. The number of likely N-dealkylation sites (N-methyl/N-ethyl adjacent to an activating group) is 1. The molecule has 0 aliphatic carbocycles. The largest absolute Gasteiger partial charge is 0.480 e. The van der Waals surface area contributed by atoms with Crippen molar-refractivity contribution in [1.82, 2.24) is 4.98 Å². The monoisotopic (exact) mass is 289 g/mol. The summed E-state index contributed by atoms with van der Waals surface area (Å²) in [4.78, 5) is 27.5. The molecule has 0 saturated heterocycles. The number of carbonyl (C=O) groups is 1. The second kappa shape index (κ2) is 5.74. The minimum absolute atomic E-state index is 0.0916. The SMILES string of the molecule is CCC(C(=O)O)N(C)c1ccnc2c([N+](=O)[O-])cccc12. The Balaban J connectivity index is 2.63. The third kappa shape index (κ3) is 2.62. The van der Waals surface area contributed by atoms with Crippen molar-refractivity contribution < 1.29 is 14.8 Å². The molecule has 110 valence electrons. The fraction of sp³-hybridized carbons (Fsp3) is 0.286. The number of aliphatic carboxylic acids is 1. The van der Waals surface area contributed by atoms with E-state index in [2.05, 4.69) is 4.98 Å². The molecule has 0 aliphatic heterocycles. The topological polar surface area (TPSA) is 96.6 Å². The fourth-order valence-corrected chi connectivity index (χ4v) is 2.38. The number of rotatable bonds is 5. The number of carboxylic acids is 1. The lowest BCUT2D eigenvalue weighted by Gasteiger charge is -2.26. The zero-order valence-corrected chi connectivity index (χ0v) is 11.7. The van der Waals surface area contributed by atoms with Crippen LogP contribution >= 0.6 is 0 Å². The fourth-order valence-electron chi connectivity index (χ4n) is 2.38. The number of benzene rings is 1. The van der Waals surface area contributed by atoms with Crippen LogP contribution < -0.4 is 4.90 Å². The molecular weight excluding hydrogens is 274 g/mol. The molecular formula is C14H15N3O4. The number of pyridine rings is 1. The van der Waals surface area contributed by atoms with Gasteiger partial charge in [0.1, 0.15) is 11.6 Å². The number of anilines is 1. The zero-order valence-electron chi connectivity index (χ0n) is 11.7. The first kappa shape index (κ1) is 14.7. The van der Waals surface area contributed by atoms with E-state index >= 15 is 0 Å². The van der Waals surface area contributed by atoms with Crippen LogP contribution in [0.15, 0.2) is 30.5 Å². The van der Waals surface area contributed by atoms with Crippen molar-refractivity contribution in [2.75, 3.05) is 11.9 Å². The second-order valence-corrected chi connectivity index (χ2v) is 4.63. The molecule has 0 fully saturated rings. The molecule has 1 aromatic carbocycles. The van der Waals surface area contributed by atoms with E-state index in [0.717, 1.165) is 0 Å². The molecule has 2 rings (SSSR count). The van der Waals surface area contributed by atoms with Crippen LogP contribution in [0.3, 0.4) is 0 Å². The van der Waals surface area contributed by atoms with E-state index in [1.54, 1.807) is 37.1 Å². The average molecular weight is 289 g/mol. The zero-order chi connectivity index (χ0) is 15.6. The molecule has 0 bridgehead atoms. The van der Waals surface area contributed by atoms with Gasteiger partial charge in [-0.1, -0.05) is 19.1 Å². The van der Waals surface area contributed by atoms with Crippen molar-refractivity contribution in [2.24, 2.45) is 0 Å². The summed E-state index contributed by atoms with van der Waals surface area (Å²) in [5.74, 6) is -0.935. The molecule has 7 nitrogen and oxygen atoms in total. The highest BCUT2D eigenvalue weighted by molar-refractivity contribution is 5.97. The van der Waals surface area contributed by atoms with E-state index in [-0.39, 0.29) is 11.2 Å². The Bertz CT molecular complexity index is 702. The van der Waals surface area contributed by atoms with E-state index in [1.165, 1.54) is 12.3 Å².